The van der Waals surface area contributed by atoms with Crippen molar-refractivity contribution in [3.8, 4) is 11.3 Å². The van der Waals surface area contributed by atoms with Gasteiger partial charge < -0.3 is 29.8 Å². The van der Waals surface area contributed by atoms with Crippen molar-refractivity contribution < 1.29 is 19.4 Å². The van der Waals surface area contributed by atoms with Crippen LogP contribution in [0.15, 0.2) is 36.8 Å². The fourth-order valence-electron chi connectivity index (χ4n) is 4.67. The van der Waals surface area contributed by atoms with Crippen LogP contribution >= 0.6 is 0 Å². The molecule has 4 aromatic heterocycles. The predicted octanol–water partition coefficient (Wildman–Crippen LogP) is 1.24. The van der Waals surface area contributed by atoms with E-state index in [1.165, 1.54) is 6.20 Å². The molecular formula is C23H25N7O4. The molecule has 2 aliphatic heterocycles. The van der Waals surface area contributed by atoms with E-state index in [4.69, 9.17) is 14.5 Å². The first-order valence-corrected chi connectivity index (χ1v) is 11.3. The van der Waals surface area contributed by atoms with Gasteiger partial charge in [0.15, 0.2) is 5.65 Å². The van der Waals surface area contributed by atoms with Crippen LogP contribution in [0.25, 0.3) is 27.9 Å². The Kier molecular flexibility index (Phi) is 5.16. The highest BCUT2D eigenvalue weighted by Crippen LogP contribution is 2.34. The summed E-state index contributed by atoms with van der Waals surface area (Å²) in [5, 5.41) is 21.3. The zero-order valence-corrected chi connectivity index (χ0v) is 18.6. The largest absolute Gasteiger partial charge is 0.388 e. The van der Waals surface area contributed by atoms with E-state index in [9.17, 15) is 9.90 Å². The summed E-state index contributed by atoms with van der Waals surface area (Å²) in [5.74, 6) is 0.334. The van der Waals surface area contributed by atoms with Crippen LogP contribution in [0.1, 0.15) is 22.8 Å². The highest BCUT2D eigenvalue weighted by atomic mass is 16.5. The number of carbonyl (C=O) groups is 1. The molecule has 3 N–H and O–H groups in total. The summed E-state index contributed by atoms with van der Waals surface area (Å²) in [6, 6.07) is 5.60. The van der Waals surface area contributed by atoms with E-state index < -0.39 is 12.1 Å². The van der Waals surface area contributed by atoms with Gasteiger partial charge in [0.05, 0.1) is 49.9 Å². The van der Waals surface area contributed by atoms with Crippen LogP contribution in [-0.4, -0.2) is 80.8 Å². The monoisotopic (exact) mass is 463 g/mol. The van der Waals surface area contributed by atoms with Gasteiger partial charge in [0.1, 0.15) is 17.0 Å². The molecule has 6 rings (SSSR count). The lowest BCUT2D eigenvalue weighted by atomic mass is 10.1. The van der Waals surface area contributed by atoms with Crippen LogP contribution in [0.2, 0.25) is 0 Å². The number of aliphatic hydroxyl groups excluding tert-OH is 1. The second kappa shape index (κ2) is 8.35. The van der Waals surface area contributed by atoms with Gasteiger partial charge in [-0.2, -0.15) is 9.61 Å². The molecule has 1 unspecified atom stereocenters. The maximum absolute atomic E-state index is 13.0. The third kappa shape index (κ3) is 3.40. The Bertz CT molecular complexity index is 1370. The summed E-state index contributed by atoms with van der Waals surface area (Å²) in [4.78, 5) is 22.5. The summed E-state index contributed by atoms with van der Waals surface area (Å²) in [6.07, 6.45) is 5.54. The van der Waals surface area contributed by atoms with Crippen LogP contribution in [0.3, 0.4) is 0 Å². The molecule has 0 bridgehead atoms. The van der Waals surface area contributed by atoms with Crippen LogP contribution < -0.4 is 10.6 Å². The number of nitrogens with one attached hydrogen (secondary N) is 2. The average Bonchev–Trinajstić information content (AvgIpc) is 3.64. The fraction of sp³-hybridized carbons (Fsp3) is 0.391. The third-order valence-electron chi connectivity index (χ3n) is 6.50. The van der Waals surface area contributed by atoms with Gasteiger partial charge in [-0.3, -0.25) is 4.79 Å². The molecule has 0 spiro atoms. The number of carbonyl (C=O) groups excluding carboxylic acids is 1. The number of hydrogen-bond acceptors (Lipinski definition) is 8. The van der Waals surface area contributed by atoms with Crippen molar-refractivity contribution in [3.63, 3.8) is 0 Å². The topological polar surface area (TPSA) is 128 Å². The smallest absolute Gasteiger partial charge is 0.257 e. The molecule has 0 radical (unpaired) electrons. The lowest BCUT2D eigenvalue weighted by Gasteiger charge is -2.14. The number of nitrogens with zero attached hydrogens (tertiary/aromatic N) is 5. The first kappa shape index (κ1) is 21.0. The molecule has 3 atom stereocenters. The van der Waals surface area contributed by atoms with Crippen molar-refractivity contribution in [1.82, 2.24) is 29.5 Å². The number of aliphatic hydroxyl groups is 1. The molecule has 4 aromatic rings. The highest BCUT2D eigenvalue weighted by Gasteiger charge is 2.29. The molecule has 176 valence electrons. The minimum absolute atomic E-state index is 0.205. The second-order valence-corrected chi connectivity index (χ2v) is 8.60. The van der Waals surface area contributed by atoms with E-state index in [0.29, 0.717) is 29.3 Å². The van der Waals surface area contributed by atoms with Crippen molar-refractivity contribution in [2.45, 2.75) is 24.6 Å². The van der Waals surface area contributed by atoms with Crippen molar-refractivity contribution in [3.05, 3.63) is 42.4 Å². The van der Waals surface area contributed by atoms with Gasteiger partial charge in [-0.1, -0.05) is 0 Å². The van der Waals surface area contributed by atoms with Gasteiger partial charge in [-0.25, -0.2) is 9.97 Å². The molecule has 2 fully saturated rings. The quantitative estimate of drug-likeness (QED) is 0.403. The number of aromatic nitrogens is 5. The van der Waals surface area contributed by atoms with Crippen molar-refractivity contribution in [2.24, 2.45) is 0 Å². The normalized spacial score (nSPS) is 22.6. The lowest BCUT2D eigenvalue weighted by molar-refractivity contribution is 0.0888. The number of fused-ring (bicyclic) bond motifs is 2. The summed E-state index contributed by atoms with van der Waals surface area (Å²) < 4.78 is 14.6. The lowest BCUT2D eigenvalue weighted by Crippen LogP contribution is -2.42. The molecule has 2 saturated heterocycles. The summed E-state index contributed by atoms with van der Waals surface area (Å²) in [7, 11) is 1.80. The number of ether oxygens (including phenoxy) is 2. The van der Waals surface area contributed by atoms with Crippen LogP contribution in [0, 0.1) is 0 Å². The van der Waals surface area contributed by atoms with Gasteiger partial charge in [-0.15, -0.1) is 0 Å². The SMILES string of the molecule is CNc1cc(-c2cn([C@@H]3CCOC3)c3ncccc23)nc2c(C(=O)NC3COC[C@H]3O)cnn12. The zero-order chi connectivity index (χ0) is 23.2. The summed E-state index contributed by atoms with van der Waals surface area (Å²) >= 11 is 0. The van der Waals surface area contributed by atoms with Gasteiger partial charge in [0, 0.05) is 43.1 Å². The van der Waals surface area contributed by atoms with Gasteiger partial charge in [0.2, 0.25) is 0 Å². The van der Waals surface area contributed by atoms with Crippen molar-refractivity contribution in [1.29, 1.82) is 0 Å². The minimum Gasteiger partial charge on any atom is -0.388 e. The van der Waals surface area contributed by atoms with Gasteiger partial charge in [0.25, 0.3) is 5.91 Å². The molecule has 2 aliphatic rings. The Morgan fingerprint density at radius 3 is 2.91 bits per heavy atom. The molecule has 1 amide bonds. The Hall–Kier alpha value is -3.54. The van der Waals surface area contributed by atoms with Crippen molar-refractivity contribution >= 4 is 28.4 Å². The number of rotatable bonds is 5. The van der Waals surface area contributed by atoms with Crippen LogP contribution in [-0.2, 0) is 9.47 Å². The first-order chi connectivity index (χ1) is 16.6. The molecule has 0 aliphatic carbocycles. The highest BCUT2D eigenvalue weighted by molar-refractivity contribution is 6.01. The Morgan fingerprint density at radius 2 is 2.15 bits per heavy atom. The van der Waals surface area contributed by atoms with E-state index in [1.807, 2.05) is 18.2 Å². The molecule has 11 heteroatoms. The fourth-order valence-corrected chi connectivity index (χ4v) is 4.67. The third-order valence-corrected chi connectivity index (χ3v) is 6.50. The van der Waals surface area contributed by atoms with Gasteiger partial charge >= 0.3 is 0 Å². The zero-order valence-electron chi connectivity index (χ0n) is 18.6. The van der Waals surface area contributed by atoms with E-state index in [2.05, 4.69) is 31.5 Å². The standard InChI is InChI=1S/C23H25N7O4/c1-24-20-7-17(16-9-29(13-4-6-33-10-13)21-14(16)3-2-5-25-21)27-22-15(8-26-30(20)22)23(32)28-18-11-34-12-19(18)31/h2-3,5,7-9,13,18-19,24,31H,4,6,10-12H2,1H3,(H,28,32)/t13-,18?,19-/m1/s1. The first-order valence-electron chi connectivity index (χ1n) is 11.3. The van der Waals surface area contributed by atoms with E-state index in [0.717, 1.165) is 29.6 Å². The van der Waals surface area contributed by atoms with Gasteiger partial charge in [-0.05, 0) is 18.6 Å². The maximum Gasteiger partial charge on any atom is 0.257 e. The number of pyridine rings is 1. The van der Waals surface area contributed by atoms with Crippen molar-refractivity contribution in [2.75, 3.05) is 38.8 Å². The Labute approximate surface area is 194 Å². The predicted molar refractivity (Wildman–Crippen MR) is 124 cm³/mol. The number of amides is 1. The Balaban J connectivity index is 1.46. The molecule has 6 heterocycles. The van der Waals surface area contributed by atoms with E-state index in [1.54, 1.807) is 17.8 Å². The van der Waals surface area contributed by atoms with Crippen LogP contribution in [0.5, 0.6) is 0 Å². The maximum atomic E-state index is 13.0. The average molecular weight is 463 g/mol. The second-order valence-electron chi connectivity index (χ2n) is 8.60. The Morgan fingerprint density at radius 1 is 1.24 bits per heavy atom. The molecule has 0 saturated carbocycles. The molecule has 11 nitrogen and oxygen atoms in total. The molecule has 34 heavy (non-hydrogen) atoms. The molecule has 0 aromatic carbocycles. The van der Waals surface area contributed by atoms with E-state index >= 15 is 0 Å². The van der Waals surface area contributed by atoms with Crippen LogP contribution in [0.4, 0.5) is 5.82 Å². The summed E-state index contributed by atoms with van der Waals surface area (Å²) in [6.45, 7) is 1.85. The minimum atomic E-state index is -0.736. The number of hydrogen-bond donors (Lipinski definition) is 3. The molecular weight excluding hydrogens is 438 g/mol. The summed E-state index contributed by atoms with van der Waals surface area (Å²) in [5.41, 5.74) is 3.24. The number of anilines is 1. The van der Waals surface area contributed by atoms with E-state index in [-0.39, 0.29) is 25.2 Å².